The van der Waals surface area contributed by atoms with Crippen LogP contribution in [0.1, 0.15) is 13.8 Å². The van der Waals surface area contributed by atoms with E-state index in [4.69, 9.17) is 10.2 Å². The molecule has 0 rings (SSSR count). The molecule has 0 bridgehead atoms. The second kappa shape index (κ2) is 4.79. The number of carbonyl (C=O) groups excluding carboxylic acids is 1. The number of aliphatic hydroxyl groups is 1. The minimum atomic E-state index is -3.61. The molecule has 1 amide bonds. The molecule has 0 aliphatic heterocycles. The first-order valence-electron chi connectivity index (χ1n) is 4.39. The third-order valence-corrected chi connectivity index (χ3v) is 4.25. The molecule has 7 nitrogen and oxygen atoms in total. The molecule has 3 N–H and O–H groups in total. The molecule has 0 aliphatic rings. The Morgan fingerprint density at radius 3 is 2.12 bits per heavy atom. The minimum absolute atomic E-state index is 0.535. The predicted molar refractivity (Wildman–Crippen MR) is 55.6 cm³/mol. The number of carbonyl (C=O) groups is 2. The fourth-order valence-electron chi connectivity index (χ4n) is 0.658. The number of rotatable bonds is 5. The lowest BCUT2D eigenvalue weighted by Gasteiger charge is -2.21. The van der Waals surface area contributed by atoms with Crippen molar-refractivity contribution >= 4 is 21.7 Å². The van der Waals surface area contributed by atoms with E-state index in [0.29, 0.717) is 0 Å². The van der Waals surface area contributed by atoms with Crippen molar-refractivity contribution in [2.24, 2.45) is 0 Å². The van der Waals surface area contributed by atoms with Crippen LogP contribution in [0, 0.1) is 0 Å². The summed E-state index contributed by atoms with van der Waals surface area (Å²) >= 11 is 0. The van der Waals surface area contributed by atoms with Gasteiger partial charge in [-0.25, -0.2) is 13.2 Å². The highest BCUT2D eigenvalue weighted by molar-refractivity contribution is 7.92. The first-order chi connectivity index (χ1) is 7.00. The van der Waals surface area contributed by atoms with Crippen molar-refractivity contribution in [3.63, 3.8) is 0 Å². The topological polar surface area (TPSA) is 121 Å². The van der Waals surface area contributed by atoms with Crippen LogP contribution in [-0.2, 0) is 19.4 Å². The van der Waals surface area contributed by atoms with E-state index in [1.54, 1.807) is 0 Å². The molecule has 0 aromatic rings. The quantitative estimate of drug-likeness (QED) is 0.541. The van der Waals surface area contributed by atoms with Crippen molar-refractivity contribution in [2.75, 3.05) is 12.8 Å². The largest absolute Gasteiger partial charge is 0.479 e. The molecule has 0 fully saturated rings. The van der Waals surface area contributed by atoms with Crippen LogP contribution in [0.3, 0.4) is 0 Å². The van der Waals surface area contributed by atoms with E-state index < -0.39 is 39.1 Å². The van der Waals surface area contributed by atoms with Gasteiger partial charge >= 0.3 is 5.97 Å². The zero-order valence-electron chi connectivity index (χ0n) is 9.22. The van der Waals surface area contributed by atoms with Gasteiger partial charge in [0, 0.05) is 6.26 Å². The van der Waals surface area contributed by atoms with Gasteiger partial charge in [-0.2, -0.15) is 0 Å². The maximum absolute atomic E-state index is 11.4. The normalized spacial score (nSPS) is 14.2. The van der Waals surface area contributed by atoms with E-state index in [1.165, 1.54) is 13.8 Å². The van der Waals surface area contributed by atoms with Gasteiger partial charge in [0.05, 0.1) is 6.54 Å². The van der Waals surface area contributed by atoms with Crippen LogP contribution in [0.2, 0.25) is 0 Å². The molecule has 0 heterocycles. The monoisotopic (exact) mass is 253 g/mol. The number of nitrogens with one attached hydrogen (secondary N) is 1. The van der Waals surface area contributed by atoms with E-state index in [2.05, 4.69) is 5.32 Å². The van der Waals surface area contributed by atoms with Gasteiger partial charge in [-0.1, -0.05) is 0 Å². The maximum atomic E-state index is 11.4. The lowest BCUT2D eigenvalue weighted by molar-refractivity contribution is -0.146. The number of amides is 1. The lowest BCUT2D eigenvalue weighted by Crippen LogP contribution is -2.50. The summed E-state index contributed by atoms with van der Waals surface area (Å²) in [5, 5.41) is 19.3. The molecule has 0 aliphatic carbocycles. The van der Waals surface area contributed by atoms with Gasteiger partial charge in [-0.05, 0) is 13.8 Å². The van der Waals surface area contributed by atoms with Crippen molar-refractivity contribution in [1.29, 1.82) is 0 Å². The molecular formula is C8H15NO6S. The highest BCUT2D eigenvalue weighted by atomic mass is 32.2. The molecule has 0 spiro atoms. The van der Waals surface area contributed by atoms with Crippen LogP contribution in [0.4, 0.5) is 0 Å². The van der Waals surface area contributed by atoms with Crippen molar-refractivity contribution in [1.82, 2.24) is 5.32 Å². The highest BCUT2D eigenvalue weighted by Crippen LogP contribution is 2.14. The van der Waals surface area contributed by atoms with Gasteiger partial charge in [0.2, 0.25) is 5.91 Å². The lowest BCUT2D eigenvalue weighted by atomic mass is 10.2. The van der Waals surface area contributed by atoms with Gasteiger partial charge < -0.3 is 15.5 Å². The third-order valence-electron chi connectivity index (χ3n) is 2.21. The summed E-state index contributed by atoms with van der Waals surface area (Å²) in [5.41, 5.74) is 0. The molecule has 94 valence electrons. The summed E-state index contributed by atoms with van der Waals surface area (Å²) in [5.74, 6) is -2.34. The number of carboxylic acid groups (broad SMARTS) is 1. The van der Waals surface area contributed by atoms with E-state index in [9.17, 15) is 18.0 Å². The summed E-state index contributed by atoms with van der Waals surface area (Å²) in [7, 11) is -3.61. The van der Waals surface area contributed by atoms with Gasteiger partial charge in [-0.15, -0.1) is 0 Å². The maximum Gasteiger partial charge on any atom is 0.334 e. The Morgan fingerprint density at radius 1 is 1.38 bits per heavy atom. The number of hydrogen-bond acceptors (Lipinski definition) is 5. The first kappa shape index (κ1) is 14.8. The number of aliphatic carboxylic acids is 1. The second-order valence-electron chi connectivity index (χ2n) is 3.85. The Bertz CT molecular complexity index is 385. The Kier molecular flexibility index (Phi) is 4.45. The smallest absolute Gasteiger partial charge is 0.334 e. The molecule has 8 heteroatoms. The Morgan fingerprint density at radius 2 is 1.81 bits per heavy atom. The fourth-order valence-corrected chi connectivity index (χ4v) is 1.07. The predicted octanol–water partition coefficient (Wildman–Crippen LogP) is -1.63. The minimum Gasteiger partial charge on any atom is -0.479 e. The fraction of sp³-hybridized carbons (Fsp3) is 0.750. The molecule has 0 saturated heterocycles. The zero-order valence-corrected chi connectivity index (χ0v) is 10.0. The average molecular weight is 253 g/mol. The number of aliphatic hydroxyl groups excluding tert-OH is 1. The van der Waals surface area contributed by atoms with E-state index in [1.807, 2.05) is 0 Å². The van der Waals surface area contributed by atoms with Crippen LogP contribution in [0.15, 0.2) is 0 Å². The number of hydrogen-bond donors (Lipinski definition) is 3. The van der Waals surface area contributed by atoms with Crippen molar-refractivity contribution in [2.45, 2.75) is 24.7 Å². The number of carboxylic acids is 1. The van der Waals surface area contributed by atoms with Crippen molar-refractivity contribution in [3.8, 4) is 0 Å². The Hall–Kier alpha value is -1.15. The van der Waals surface area contributed by atoms with Gasteiger partial charge in [0.15, 0.2) is 15.9 Å². The summed E-state index contributed by atoms with van der Waals surface area (Å²) in [6.07, 6.45) is -0.848. The van der Waals surface area contributed by atoms with Gasteiger partial charge in [0.1, 0.15) is 4.75 Å². The molecular weight excluding hydrogens is 238 g/mol. The SMILES string of the molecule is CC(C)(C(=O)NCC(O)C(=O)O)S(C)(=O)=O. The van der Waals surface area contributed by atoms with E-state index >= 15 is 0 Å². The molecule has 16 heavy (non-hydrogen) atoms. The number of sulfone groups is 1. The molecule has 1 atom stereocenters. The first-order valence-corrected chi connectivity index (χ1v) is 6.28. The highest BCUT2D eigenvalue weighted by Gasteiger charge is 2.38. The Labute approximate surface area is 93.4 Å². The average Bonchev–Trinajstić information content (AvgIpc) is 2.11. The third kappa shape index (κ3) is 3.46. The van der Waals surface area contributed by atoms with Crippen LogP contribution in [0.5, 0.6) is 0 Å². The molecule has 1 unspecified atom stereocenters. The van der Waals surface area contributed by atoms with E-state index in [-0.39, 0.29) is 0 Å². The van der Waals surface area contributed by atoms with Crippen LogP contribution in [0.25, 0.3) is 0 Å². The summed E-state index contributed by atoms with van der Waals surface area (Å²) in [6.45, 7) is 1.86. The molecule has 0 saturated carbocycles. The van der Waals surface area contributed by atoms with Crippen molar-refractivity contribution in [3.05, 3.63) is 0 Å². The van der Waals surface area contributed by atoms with Gasteiger partial charge in [-0.3, -0.25) is 4.79 Å². The van der Waals surface area contributed by atoms with Crippen molar-refractivity contribution < 1.29 is 28.2 Å². The zero-order chi connectivity index (χ0) is 13.1. The molecule has 0 aromatic heterocycles. The van der Waals surface area contributed by atoms with Crippen LogP contribution < -0.4 is 5.32 Å². The summed E-state index contributed by atoms with van der Waals surface area (Å²) in [4.78, 5) is 21.7. The van der Waals surface area contributed by atoms with Crippen LogP contribution in [-0.4, -0.2) is 54.2 Å². The molecule has 0 aromatic carbocycles. The second-order valence-corrected chi connectivity index (χ2v) is 6.41. The standard InChI is InChI=1S/C8H15NO6S/c1-8(2,16(3,14)15)7(13)9-4-5(10)6(11)12/h5,10H,4H2,1-3H3,(H,9,13)(H,11,12). The van der Waals surface area contributed by atoms with Gasteiger partial charge in [0.25, 0.3) is 0 Å². The Balaban J connectivity index is 4.56. The van der Waals surface area contributed by atoms with E-state index in [0.717, 1.165) is 6.26 Å². The molecule has 0 radical (unpaired) electrons. The summed E-state index contributed by atoms with van der Waals surface area (Å²) in [6, 6.07) is 0. The summed E-state index contributed by atoms with van der Waals surface area (Å²) < 4.78 is 20.8. The van der Waals surface area contributed by atoms with Crippen LogP contribution >= 0.6 is 0 Å².